The molecular formula is C22H24N4O5S. The molecule has 9 nitrogen and oxygen atoms in total. The molecule has 0 saturated carbocycles. The highest BCUT2D eigenvalue weighted by atomic mass is 32.1. The molecule has 0 radical (unpaired) electrons. The lowest BCUT2D eigenvalue weighted by atomic mass is 10.2. The van der Waals surface area contributed by atoms with Crippen molar-refractivity contribution in [3.05, 3.63) is 41.5 Å². The fourth-order valence-corrected chi connectivity index (χ4v) is 4.14. The molecule has 168 valence electrons. The Morgan fingerprint density at radius 2 is 1.81 bits per heavy atom. The van der Waals surface area contributed by atoms with Gasteiger partial charge < -0.3 is 29.2 Å². The number of nitrogens with zero attached hydrogens (tertiary/aromatic N) is 3. The van der Waals surface area contributed by atoms with Gasteiger partial charge in [0.25, 0.3) is 5.91 Å². The zero-order chi connectivity index (χ0) is 22.5. The first-order valence-corrected chi connectivity index (χ1v) is 10.9. The SMILES string of the molecule is COc1cc(NC(=O)c2csc(-c3ccc(N4CCOCC4)nc3)n2)cc(OC)c1OC. The molecule has 0 unspecified atom stereocenters. The van der Waals surface area contributed by atoms with E-state index in [0.717, 1.165) is 29.5 Å². The number of ether oxygens (including phenoxy) is 4. The number of thiazole rings is 1. The van der Waals surface area contributed by atoms with Gasteiger partial charge in [-0.3, -0.25) is 4.79 Å². The van der Waals surface area contributed by atoms with Crippen LogP contribution in [0.2, 0.25) is 0 Å². The fraction of sp³-hybridized carbons (Fsp3) is 0.318. The molecule has 1 aliphatic rings. The van der Waals surface area contributed by atoms with Gasteiger partial charge in [0.1, 0.15) is 16.5 Å². The molecule has 4 rings (SSSR count). The average Bonchev–Trinajstić information content (AvgIpc) is 3.34. The number of rotatable bonds is 7. The van der Waals surface area contributed by atoms with Crippen molar-refractivity contribution >= 4 is 28.7 Å². The molecule has 1 N–H and O–H groups in total. The van der Waals surface area contributed by atoms with E-state index in [0.29, 0.717) is 41.8 Å². The molecule has 1 saturated heterocycles. The number of carbonyl (C=O) groups is 1. The van der Waals surface area contributed by atoms with Gasteiger partial charge in [-0.05, 0) is 12.1 Å². The average molecular weight is 457 g/mol. The van der Waals surface area contributed by atoms with E-state index < -0.39 is 0 Å². The third kappa shape index (κ3) is 4.61. The van der Waals surface area contributed by atoms with Crippen molar-refractivity contribution < 1.29 is 23.7 Å². The van der Waals surface area contributed by atoms with Crippen LogP contribution in [0.25, 0.3) is 10.6 Å². The molecule has 3 aromatic rings. The van der Waals surface area contributed by atoms with Gasteiger partial charge in [0.05, 0.1) is 34.5 Å². The molecule has 1 amide bonds. The molecular weight excluding hydrogens is 432 g/mol. The van der Waals surface area contributed by atoms with Crippen LogP contribution in [-0.4, -0.2) is 63.5 Å². The lowest BCUT2D eigenvalue weighted by Crippen LogP contribution is -2.36. The Morgan fingerprint density at radius 1 is 1.09 bits per heavy atom. The minimum Gasteiger partial charge on any atom is -0.493 e. The summed E-state index contributed by atoms with van der Waals surface area (Å²) in [5, 5.41) is 5.28. The lowest BCUT2D eigenvalue weighted by Gasteiger charge is -2.27. The van der Waals surface area contributed by atoms with Gasteiger partial charge in [-0.15, -0.1) is 11.3 Å². The van der Waals surface area contributed by atoms with Gasteiger partial charge in [0, 0.05) is 48.0 Å². The summed E-state index contributed by atoms with van der Waals surface area (Å²) in [6.07, 6.45) is 1.78. The number of amides is 1. The summed E-state index contributed by atoms with van der Waals surface area (Å²) in [6.45, 7) is 3.07. The summed E-state index contributed by atoms with van der Waals surface area (Å²) in [4.78, 5) is 24.0. The number of hydrogen-bond donors (Lipinski definition) is 1. The van der Waals surface area contributed by atoms with Crippen molar-refractivity contribution in [2.24, 2.45) is 0 Å². The standard InChI is InChI=1S/C22H24N4O5S/c1-28-17-10-15(11-18(29-2)20(17)30-3)24-21(27)16-13-32-22(25-16)14-4-5-19(23-12-14)26-6-8-31-9-7-26/h4-5,10-13H,6-9H2,1-3H3,(H,24,27). The molecule has 0 bridgehead atoms. The molecule has 10 heteroatoms. The quantitative estimate of drug-likeness (QED) is 0.579. The fourth-order valence-electron chi connectivity index (χ4n) is 3.35. The number of nitrogens with one attached hydrogen (secondary N) is 1. The molecule has 1 aromatic carbocycles. The van der Waals surface area contributed by atoms with Gasteiger partial charge in [0.2, 0.25) is 5.75 Å². The highest BCUT2D eigenvalue weighted by molar-refractivity contribution is 7.13. The van der Waals surface area contributed by atoms with E-state index >= 15 is 0 Å². The van der Waals surface area contributed by atoms with Gasteiger partial charge >= 0.3 is 0 Å². The van der Waals surface area contributed by atoms with E-state index in [1.54, 1.807) is 23.7 Å². The molecule has 1 aliphatic heterocycles. The molecule has 0 spiro atoms. The van der Waals surface area contributed by atoms with Crippen LogP contribution >= 0.6 is 11.3 Å². The molecule has 32 heavy (non-hydrogen) atoms. The third-order valence-electron chi connectivity index (χ3n) is 4.99. The van der Waals surface area contributed by atoms with E-state index in [1.165, 1.54) is 32.7 Å². The summed E-state index contributed by atoms with van der Waals surface area (Å²) >= 11 is 1.39. The number of carbonyl (C=O) groups excluding carboxylic acids is 1. The van der Waals surface area contributed by atoms with Crippen LogP contribution in [0.3, 0.4) is 0 Å². The van der Waals surface area contributed by atoms with Crippen molar-refractivity contribution in [2.75, 3.05) is 57.8 Å². The van der Waals surface area contributed by atoms with Crippen molar-refractivity contribution in [1.29, 1.82) is 0 Å². The first kappa shape index (κ1) is 21.8. The summed E-state index contributed by atoms with van der Waals surface area (Å²) < 4.78 is 21.4. The number of benzene rings is 1. The Bertz CT molecular complexity index is 1060. The van der Waals surface area contributed by atoms with E-state index in [4.69, 9.17) is 18.9 Å². The maximum atomic E-state index is 12.8. The van der Waals surface area contributed by atoms with Crippen LogP contribution in [0, 0.1) is 0 Å². The van der Waals surface area contributed by atoms with Crippen molar-refractivity contribution in [1.82, 2.24) is 9.97 Å². The molecule has 3 heterocycles. The Kier molecular flexibility index (Phi) is 6.72. The van der Waals surface area contributed by atoms with Crippen molar-refractivity contribution in [3.63, 3.8) is 0 Å². The summed E-state index contributed by atoms with van der Waals surface area (Å²) in [7, 11) is 4.57. The smallest absolute Gasteiger partial charge is 0.275 e. The molecule has 0 aliphatic carbocycles. The normalized spacial score (nSPS) is 13.5. The Labute approximate surface area is 189 Å². The summed E-state index contributed by atoms with van der Waals surface area (Å²) in [6, 6.07) is 7.27. The number of anilines is 2. The van der Waals surface area contributed by atoms with Gasteiger partial charge in [-0.25, -0.2) is 9.97 Å². The van der Waals surface area contributed by atoms with Crippen LogP contribution in [0.5, 0.6) is 17.2 Å². The largest absolute Gasteiger partial charge is 0.493 e. The van der Waals surface area contributed by atoms with Crippen LogP contribution < -0.4 is 24.4 Å². The van der Waals surface area contributed by atoms with Gasteiger partial charge in [0.15, 0.2) is 11.5 Å². The zero-order valence-electron chi connectivity index (χ0n) is 18.1. The Balaban J connectivity index is 1.48. The second-order valence-electron chi connectivity index (χ2n) is 6.91. The topological polar surface area (TPSA) is 95.0 Å². The van der Waals surface area contributed by atoms with Crippen LogP contribution in [0.15, 0.2) is 35.8 Å². The van der Waals surface area contributed by atoms with Gasteiger partial charge in [-0.2, -0.15) is 0 Å². The highest BCUT2D eigenvalue weighted by Crippen LogP contribution is 2.40. The predicted molar refractivity (Wildman–Crippen MR) is 122 cm³/mol. The molecule has 2 aromatic heterocycles. The number of aromatic nitrogens is 2. The van der Waals surface area contributed by atoms with E-state index in [-0.39, 0.29) is 5.91 Å². The first-order chi connectivity index (χ1) is 15.6. The number of hydrogen-bond acceptors (Lipinski definition) is 9. The maximum absolute atomic E-state index is 12.8. The second-order valence-corrected chi connectivity index (χ2v) is 7.77. The van der Waals surface area contributed by atoms with Crippen LogP contribution in [0.4, 0.5) is 11.5 Å². The van der Waals surface area contributed by atoms with E-state index in [9.17, 15) is 4.79 Å². The zero-order valence-corrected chi connectivity index (χ0v) is 18.9. The Morgan fingerprint density at radius 3 is 2.41 bits per heavy atom. The van der Waals surface area contributed by atoms with Crippen LogP contribution in [0.1, 0.15) is 10.5 Å². The maximum Gasteiger partial charge on any atom is 0.275 e. The number of methoxy groups -OCH3 is 3. The number of pyridine rings is 1. The van der Waals surface area contributed by atoms with E-state index in [1.807, 2.05) is 12.1 Å². The minimum absolute atomic E-state index is 0.316. The van der Waals surface area contributed by atoms with Crippen molar-refractivity contribution in [2.45, 2.75) is 0 Å². The highest BCUT2D eigenvalue weighted by Gasteiger charge is 2.18. The van der Waals surface area contributed by atoms with Gasteiger partial charge in [-0.1, -0.05) is 0 Å². The summed E-state index contributed by atoms with van der Waals surface area (Å²) in [5.74, 6) is 1.94. The second kappa shape index (κ2) is 9.84. The molecule has 1 fully saturated rings. The minimum atomic E-state index is -0.334. The Hall–Kier alpha value is -3.37. The summed E-state index contributed by atoms with van der Waals surface area (Å²) in [5.41, 5.74) is 1.69. The number of morpholine rings is 1. The lowest BCUT2D eigenvalue weighted by molar-refractivity contribution is 0.102. The monoisotopic (exact) mass is 456 g/mol. The van der Waals surface area contributed by atoms with Crippen molar-refractivity contribution in [3.8, 4) is 27.8 Å². The molecule has 0 atom stereocenters. The van der Waals surface area contributed by atoms with E-state index in [2.05, 4.69) is 20.2 Å². The predicted octanol–water partition coefficient (Wildman–Crippen LogP) is 3.32. The third-order valence-corrected chi connectivity index (χ3v) is 5.88. The first-order valence-electron chi connectivity index (χ1n) is 9.99. The van der Waals surface area contributed by atoms with Crippen LogP contribution in [-0.2, 0) is 4.74 Å².